The second kappa shape index (κ2) is 7.38. The largest absolute Gasteiger partial charge is 0.352 e. The monoisotopic (exact) mass is 309 g/mol. The van der Waals surface area contributed by atoms with Gasteiger partial charge in [-0.05, 0) is 54.9 Å². The summed E-state index contributed by atoms with van der Waals surface area (Å²) in [5.41, 5.74) is 9.87. The van der Waals surface area contributed by atoms with E-state index in [0.29, 0.717) is 18.0 Å². The summed E-state index contributed by atoms with van der Waals surface area (Å²) in [5.74, 6) is 0.492. The number of amides is 1. The molecule has 1 heterocycles. The number of nitrogens with two attached hydrogens (primary N) is 1. The average Bonchev–Trinajstić information content (AvgIpc) is 2.82. The third-order valence-electron chi connectivity index (χ3n) is 4.60. The third kappa shape index (κ3) is 3.96. The maximum absolute atomic E-state index is 12.3. The maximum Gasteiger partial charge on any atom is 0.251 e. The number of carbonyl (C=O) groups is 1. The zero-order valence-corrected chi connectivity index (χ0v) is 13.3. The molecule has 3 rings (SSSR count). The molecule has 4 heteroatoms. The summed E-state index contributed by atoms with van der Waals surface area (Å²) in [6.45, 7) is 1.08. The van der Waals surface area contributed by atoms with Crippen LogP contribution in [0, 0.1) is 5.92 Å². The average molecular weight is 309 g/mol. The molecule has 4 nitrogen and oxygen atoms in total. The first-order valence-corrected chi connectivity index (χ1v) is 8.26. The summed E-state index contributed by atoms with van der Waals surface area (Å²) in [6.07, 6.45) is 6.09. The van der Waals surface area contributed by atoms with Crippen molar-refractivity contribution in [3.8, 4) is 0 Å². The highest BCUT2D eigenvalue weighted by Gasteiger charge is 2.17. The van der Waals surface area contributed by atoms with Crippen LogP contribution in [0.5, 0.6) is 0 Å². The van der Waals surface area contributed by atoms with E-state index in [4.69, 9.17) is 5.73 Å². The Bertz CT molecular complexity index is 657. The normalized spacial score (nSPS) is 14.8. The molecule has 0 saturated heterocycles. The Morgan fingerprint density at radius 1 is 1.17 bits per heavy atom. The lowest BCUT2D eigenvalue weighted by molar-refractivity contribution is 0.0945. The Morgan fingerprint density at radius 3 is 2.52 bits per heavy atom. The Morgan fingerprint density at radius 2 is 1.87 bits per heavy atom. The highest BCUT2D eigenvalue weighted by atomic mass is 16.1. The molecule has 0 fully saturated rings. The molecule has 2 aromatic rings. The Labute approximate surface area is 137 Å². The van der Waals surface area contributed by atoms with Gasteiger partial charge in [-0.25, -0.2) is 0 Å². The lowest BCUT2D eigenvalue weighted by atomic mass is 9.99. The van der Waals surface area contributed by atoms with Crippen LogP contribution in [0.3, 0.4) is 0 Å². The number of carbonyl (C=O) groups excluding carboxylic acids is 1. The minimum Gasteiger partial charge on any atom is -0.352 e. The second-order valence-corrected chi connectivity index (χ2v) is 6.16. The molecule has 0 radical (unpaired) electrons. The summed E-state index contributed by atoms with van der Waals surface area (Å²) >= 11 is 0. The molecule has 0 saturated carbocycles. The lowest BCUT2D eigenvalue weighted by Gasteiger charge is -2.15. The number of pyridine rings is 1. The number of hydrogen-bond donors (Lipinski definition) is 2. The minimum atomic E-state index is -0.0381. The van der Waals surface area contributed by atoms with Crippen molar-refractivity contribution in [3.05, 3.63) is 65.0 Å². The van der Waals surface area contributed by atoms with Crippen LogP contribution in [0.1, 0.15) is 40.0 Å². The van der Waals surface area contributed by atoms with Crippen molar-refractivity contribution in [1.29, 1.82) is 0 Å². The number of aromatic nitrogens is 1. The van der Waals surface area contributed by atoms with Crippen LogP contribution in [-0.2, 0) is 19.4 Å². The molecule has 0 spiro atoms. The molecule has 1 amide bonds. The van der Waals surface area contributed by atoms with Crippen molar-refractivity contribution in [2.24, 2.45) is 11.7 Å². The molecular weight excluding hydrogens is 286 g/mol. The van der Waals surface area contributed by atoms with Gasteiger partial charge >= 0.3 is 0 Å². The fourth-order valence-electron chi connectivity index (χ4n) is 3.18. The van der Waals surface area contributed by atoms with Crippen molar-refractivity contribution in [3.63, 3.8) is 0 Å². The van der Waals surface area contributed by atoms with E-state index in [2.05, 4.69) is 34.6 Å². The van der Waals surface area contributed by atoms with Crippen LogP contribution < -0.4 is 11.1 Å². The summed E-state index contributed by atoms with van der Waals surface area (Å²) < 4.78 is 0. The number of hydrogen-bond acceptors (Lipinski definition) is 3. The second-order valence-electron chi connectivity index (χ2n) is 6.16. The number of aryl methyl sites for hydroxylation is 2. The number of fused-ring (bicyclic) bond motifs is 1. The first-order valence-electron chi connectivity index (χ1n) is 8.26. The van der Waals surface area contributed by atoms with Crippen LogP contribution in [0.4, 0.5) is 0 Å². The number of rotatable bonds is 4. The first-order chi connectivity index (χ1) is 11.3. The van der Waals surface area contributed by atoms with Crippen LogP contribution in [0.25, 0.3) is 0 Å². The highest BCUT2D eigenvalue weighted by molar-refractivity contribution is 5.94. The molecule has 1 aromatic heterocycles. The molecule has 0 unspecified atom stereocenters. The maximum atomic E-state index is 12.3. The number of benzene rings is 1. The minimum absolute atomic E-state index is 0.0381. The number of nitrogens with one attached hydrogen (secondary N) is 1. The third-order valence-corrected chi connectivity index (χ3v) is 4.60. The van der Waals surface area contributed by atoms with Gasteiger partial charge in [-0.2, -0.15) is 0 Å². The van der Waals surface area contributed by atoms with Gasteiger partial charge in [0.2, 0.25) is 0 Å². The molecule has 1 aromatic carbocycles. The van der Waals surface area contributed by atoms with E-state index in [1.54, 1.807) is 18.3 Å². The molecule has 1 aliphatic carbocycles. The van der Waals surface area contributed by atoms with Crippen LogP contribution in [0.2, 0.25) is 0 Å². The van der Waals surface area contributed by atoms with E-state index in [1.165, 1.54) is 11.1 Å². The van der Waals surface area contributed by atoms with Crippen LogP contribution in [0.15, 0.2) is 42.6 Å². The summed E-state index contributed by atoms with van der Waals surface area (Å²) in [4.78, 5) is 16.4. The van der Waals surface area contributed by atoms with E-state index in [0.717, 1.165) is 37.9 Å². The molecular formula is C19H23N3O. The molecule has 3 N–H and O–H groups in total. The standard InChI is InChI=1S/C19H23N3O/c20-12-18-11-17(9-10-21-18)19(23)22-13-14-5-7-15-3-1-2-4-16(15)8-6-14/h1-4,9-11,14H,5-8,12-13,20H2,(H,22,23). The van der Waals surface area contributed by atoms with Crippen molar-refractivity contribution in [2.45, 2.75) is 32.2 Å². The van der Waals surface area contributed by atoms with Crippen molar-refractivity contribution in [1.82, 2.24) is 10.3 Å². The van der Waals surface area contributed by atoms with Gasteiger partial charge in [0.25, 0.3) is 5.91 Å². The zero-order chi connectivity index (χ0) is 16.1. The van der Waals surface area contributed by atoms with Crippen molar-refractivity contribution in [2.75, 3.05) is 6.54 Å². The summed E-state index contributed by atoms with van der Waals surface area (Å²) in [6, 6.07) is 12.2. The van der Waals surface area contributed by atoms with E-state index in [1.807, 2.05) is 0 Å². The van der Waals surface area contributed by atoms with E-state index >= 15 is 0 Å². The Hall–Kier alpha value is -2.20. The van der Waals surface area contributed by atoms with E-state index in [-0.39, 0.29) is 5.91 Å². The van der Waals surface area contributed by atoms with Crippen molar-refractivity contribution < 1.29 is 4.79 Å². The van der Waals surface area contributed by atoms with Crippen molar-refractivity contribution >= 4 is 5.91 Å². The van der Waals surface area contributed by atoms with Gasteiger partial charge < -0.3 is 11.1 Å². The number of nitrogens with zero attached hydrogens (tertiary/aromatic N) is 1. The van der Waals surface area contributed by atoms with Gasteiger partial charge in [-0.3, -0.25) is 9.78 Å². The predicted octanol–water partition coefficient (Wildman–Crippen LogP) is 2.47. The topological polar surface area (TPSA) is 68.0 Å². The SMILES string of the molecule is NCc1cc(C(=O)NCC2CCc3ccccc3CC2)ccn1. The summed E-state index contributed by atoms with van der Waals surface area (Å²) in [5, 5.41) is 3.07. The fourth-order valence-corrected chi connectivity index (χ4v) is 3.18. The molecule has 1 aliphatic rings. The van der Waals surface area contributed by atoms with Gasteiger partial charge in [0, 0.05) is 24.8 Å². The van der Waals surface area contributed by atoms with E-state index in [9.17, 15) is 4.79 Å². The quantitative estimate of drug-likeness (QED) is 0.853. The highest BCUT2D eigenvalue weighted by Crippen LogP contribution is 2.24. The fraction of sp³-hybridized carbons (Fsp3) is 0.368. The molecule has 120 valence electrons. The van der Waals surface area contributed by atoms with E-state index < -0.39 is 0 Å². The molecule has 0 atom stereocenters. The van der Waals surface area contributed by atoms with Gasteiger partial charge in [-0.1, -0.05) is 24.3 Å². The zero-order valence-electron chi connectivity index (χ0n) is 13.3. The predicted molar refractivity (Wildman–Crippen MR) is 91.0 cm³/mol. The molecule has 0 aliphatic heterocycles. The van der Waals surface area contributed by atoms with Gasteiger partial charge in [0.1, 0.15) is 0 Å². The van der Waals surface area contributed by atoms with Gasteiger partial charge in [-0.15, -0.1) is 0 Å². The van der Waals surface area contributed by atoms with Crippen LogP contribution in [-0.4, -0.2) is 17.4 Å². The summed E-state index contributed by atoms with van der Waals surface area (Å²) in [7, 11) is 0. The smallest absolute Gasteiger partial charge is 0.251 e. The Kier molecular flexibility index (Phi) is 5.03. The molecule has 0 bridgehead atoms. The van der Waals surface area contributed by atoms with Crippen LogP contribution >= 0.6 is 0 Å². The first kappa shape index (κ1) is 15.7. The lowest BCUT2D eigenvalue weighted by Crippen LogP contribution is -2.29. The Balaban J connectivity index is 1.55. The van der Waals surface area contributed by atoms with Gasteiger partial charge in [0.15, 0.2) is 0 Å². The molecule has 23 heavy (non-hydrogen) atoms. The van der Waals surface area contributed by atoms with Gasteiger partial charge in [0.05, 0.1) is 5.69 Å².